The maximum absolute atomic E-state index is 12.7. The third kappa shape index (κ3) is 2.24. The van der Waals surface area contributed by atoms with Crippen LogP contribution in [0.4, 0.5) is 13.2 Å². The second-order valence-corrected chi connectivity index (χ2v) is 4.95. The molecule has 3 rings (SSSR count). The second-order valence-electron chi connectivity index (χ2n) is 4.95. The molecular weight excluding hydrogens is 297 g/mol. The van der Waals surface area contributed by atoms with Crippen molar-refractivity contribution in [1.82, 2.24) is 9.55 Å². The number of alkyl halides is 3. The van der Waals surface area contributed by atoms with Crippen molar-refractivity contribution >= 4 is 16.9 Å². The molecule has 0 aliphatic heterocycles. The van der Waals surface area contributed by atoms with Crippen LogP contribution in [0.3, 0.4) is 0 Å². The third-order valence-electron chi connectivity index (χ3n) is 3.57. The predicted octanol–water partition coefficient (Wildman–Crippen LogP) is 3.89. The number of benzene rings is 1. The maximum Gasteiger partial charge on any atom is 0.416 e. The molecule has 0 aliphatic rings. The number of halogens is 3. The maximum atomic E-state index is 12.7. The van der Waals surface area contributed by atoms with Gasteiger partial charge in [-0.05, 0) is 30.3 Å². The van der Waals surface area contributed by atoms with E-state index in [0.29, 0.717) is 22.3 Å². The number of carboxylic acid groups (broad SMARTS) is 1. The molecule has 0 fully saturated rings. The number of rotatable bonds is 2. The van der Waals surface area contributed by atoms with Crippen molar-refractivity contribution in [2.45, 2.75) is 6.18 Å². The van der Waals surface area contributed by atoms with Crippen molar-refractivity contribution in [3.8, 4) is 11.4 Å². The molecule has 0 spiro atoms. The summed E-state index contributed by atoms with van der Waals surface area (Å²) in [5.41, 5.74) is 0.866. The Kier molecular flexibility index (Phi) is 3.01. The zero-order valence-corrected chi connectivity index (χ0v) is 11.4. The number of fused-ring (bicyclic) bond motifs is 1. The first kappa shape index (κ1) is 14.2. The summed E-state index contributed by atoms with van der Waals surface area (Å²) in [6, 6.07) is 8.20. The lowest BCUT2D eigenvalue weighted by Gasteiger charge is -2.05. The number of hydrogen-bond donors (Lipinski definition) is 2. The molecule has 0 amide bonds. The minimum atomic E-state index is -4.40. The lowest BCUT2D eigenvalue weighted by molar-refractivity contribution is -0.137. The molecule has 0 saturated carbocycles. The molecule has 22 heavy (non-hydrogen) atoms. The zero-order valence-electron chi connectivity index (χ0n) is 11.4. The molecule has 7 heteroatoms. The van der Waals surface area contributed by atoms with E-state index in [-0.39, 0.29) is 5.69 Å². The van der Waals surface area contributed by atoms with E-state index in [1.54, 1.807) is 19.2 Å². The van der Waals surface area contributed by atoms with Crippen LogP contribution in [0, 0.1) is 0 Å². The molecule has 0 unspecified atom stereocenters. The Hall–Kier alpha value is -2.70. The number of carboxylic acids is 1. The van der Waals surface area contributed by atoms with Gasteiger partial charge in [0.15, 0.2) is 0 Å². The smallest absolute Gasteiger partial charge is 0.416 e. The topological polar surface area (TPSA) is 58.0 Å². The summed E-state index contributed by atoms with van der Waals surface area (Å²) in [5, 5.41) is 9.66. The van der Waals surface area contributed by atoms with Gasteiger partial charge in [0.25, 0.3) is 0 Å². The van der Waals surface area contributed by atoms with Crippen LogP contribution >= 0.6 is 0 Å². The van der Waals surface area contributed by atoms with Gasteiger partial charge in [-0.15, -0.1) is 0 Å². The average molecular weight is 308 g/mol. The van der Waals surface area contributed by atoms with Gasteiger partial charge >= 0.3 is 12.1 Å². The Bertz CT molecular complexity index is 875. The summed E-state index contributed by atoms with van der Waals surface area (Å²) in [6.07, 6.45) is -4.40. The molecule has 0 atom stereocenters. The van der Waals surface area contributed by atoms with E-state index in [1.165, 1.54) is 16.7 Å². The number of carbonyl (C=O) groups is 1. The number of H-pyrrole nitrogens is 1. The van der Waals surface area contributed by atoms with Crippen LogP contribution in [-0.4, -0.2) is 20.6 Å². The molecule has 2 heterocycles. The number of aromatic carboxylic acids is 1. The van der Waals surface area contributed by atoms with Crippen molar-refractivity contribution in [1.29, 1.82) is 0 Å². The summed E-state index contributed by atoms with van der Waals surface area (Å²) in [4.78, 5) is 13.9. The summed E-state index contributed by atoms with van der Waals surface area (Å²) >= 11 is 0. The first-order valence-corrected chi connectivity index (χ1v) is 6.37. The highest BCUT2D eigenvalue weighted by Crippen LogP contribution is 2.33. The molecule has 0 bridgehead atoms. The molecule has 2 aromatic heterocycles. The summed E-state index contributed by atoms with van der Waals surface area (Å²) in [5.74, 6) is -1.07. The van der Waals surface area contributed by atoms with Crippen LogP contribution in [0.25, 0.3) is 22.3 Å². The van der Waals surface area contributed by atoms with Gasteiger partial charge < -0.3 is 14.7 Å². The molecule has 0 aliphatic carbocycles. The minimum absolute atomic E-state index is 0.102. The Morgan fingerprint density at radius 2 is 1.91 bits per heavy atom. The molecule has 0 radical (unpaired) electrons. The monoisotopic (exact) mass is 308 g/mol. The molecule has 1 aromatic carbocycles. The van der Waals surface area contributed by atoms with Gasteiger partial charge in [-0.1, -0.05) is 6.07 Å². The van der Waals surface area contributed by atoms with E-state index in [9.17, 15) is 18.0 Å². The van der Waals surface area contributed by atoms with Gasteiger partial charge in [-0.2, -0.15) is 13.2 Å². The van der Waals surface area contributed by atoms with Crippen LogP contribution in [0.2, 0.25) is 0 Å². The highest BCUT2D eigenvalue weighted by molar-refractivity contribution is 5.89. The Labute approximate surface area is 122 Å². The van der Waals surface area contributed by atoms with E-state index in [0.717, 1.165) is 12.1 Å². The average Bonchev–Trinajstić information content (AvgIpc) is 2.99. The van der Waals surface area contributed by atoms with Gasteiger partial charge in [0.1, 0.15) is 5.69 Å². The van der Waals surface area contributed by atoms with Crippen molar-refractivity contribution in [2.24, 2.45) is 7.05 Å². The third-order valence-corrected chi connectivity index (χ3v) is 3.57. The normalized spacial score (nSPS) is 12.0. The van der Waals surface area contributed by atoms with Crippen LogP contribution in [0.1, 0.15) is 16.1 Å². The number of nitrogens with zero attached hydrogens (tertiary/aromatic N) is 1. The predicted molar refractivity (Wildman–Crippen MR) is 74.7 cm³/mol. The molecule has 3 aromatic rings. The first-order chi connectivity index (χ1) is 10.3. The van der Waals surface area contributed by atoms with E-state index in [2.05, 4.69) is 4.98 Å². The Balaban J connectivity index is 2.11. The summed E-state index contributed by atoms with van der Waals surface area (Å²) in [6.45, 7) is 0. The Morgan fingerprint density at radius 1 is 1.18 bits per heavy atom. The first-order valence-electron chi connectivity index (χ1n) is 6.37. The fraction of sp³-hybridized carbons (Fsp3) is 0.133. The highest BCUT2D eigenvalue weighted by atomic mass is 19.4. The molecule has 4 nitrogen and oxygen atoms in total. The van der Waals surface area contributed by atoms with Crippen LogP contribution in [0.5, 0.6) is 0 Å². The van der Waals surface area contributed by atoms with Crippen LogP contribution < -0.4 is 0 Å². The molecular formula is C15H11F3N2O2. The minimum Gasteiger partial charge on any atom is -0.477 e. The number of aromatic nitrogens is 2. The fourth-order valence-corrected chi connectivity index (χ4v) is 2.44. The van der Waals surface area contributed by atoms with Gasteiger partial charge in [0.05, 0.1) is 17.0 Å². The Morgan fingerprint density at radius 3 is 2.50 bits per heavy atom. The quantitative estimate of drug-likeness (QED) is 0.754. The van der Waals surface area contributed by atoms with Crippen LogP contribution in [-0.2, 0) is 13.2 Å². The molecule has 0 saturated heterocycles. The SMILES string of the molecule is Cn1c(C(=O)O)ccc1-c1cc2ccc(C(F)(F)F)cc2[nH]1. The van der Waals surface area contributed by atoms with E-state index in [1.807, 2.05) is 0 Å². The van der Waals surface area contributed by atoms with Crippen molar-refractivity contribution in [3.63, 3.8) is 0 Å². The summed E-state index contributed by atoms with van der Waals surface area (Å²) in [7, 11) is 1.59. The van der Waals surface area contributed by atoms with Crippen LogP contribution in [0.15, 0.2) is 36.4 Å². The van der Waals surface area contributed by atoms with E-state index >= 15 is 0 Å². The van der Waals surface area contributed by atoms with Crippen molar-refractivity contribution in [2.75, 3.05) is 0 Å². The van der Waals surface area contributed by atoms with Gasteiger partial charge in [0, 0.05) is 18.0 Å². The van der Waals surface area contributed by atoms with Gasteiger partial charge in [-0.25, -0.2) is 4.79 Å². The van der Waals surface area contributed by atoms with Gasteiger partial charge in [-0.3, -0.25) is 0 Å². The summed E-state index contributed by atoms with van der Waals surface area (Å²) < 4.78 is 39.6. The second kappa shape index (κ2) is 4.66. The standard InChI is InChI=1S/C15H11F3N2O2/c1-20-12(4-5-13(20)14(21)22)11-6-8-2-3-9(15(16,17)18)7-10(8)19-11/h2-7,19H,1H3,(H,21,22). The fourth-order valence-electron chi connectivity index (χ4n) is 2.44. The lowest BCUT2D eigenvalue weighted by Crippen LogP contribution is -2.05. The number of nitrogens with one attached hydrogen (secondary N) is 1. The lowest BCUT2D eigenvalue weighted by atomic mass is 10.1. The highest BCUT2D eigenvalue weighted by Gasteiger charge is 2.30. The largest absolute Gasteiger partial charge is 0.477 e. The molecule has 114 valence electrons. The number of aromatic amines is 1. The van der Waals surface area contributed by atoms with Crippen molar-refractivity contribution < 1.29 is 23.1 Å². The van der Waals surface area contributed by atoms with Gasteiger partial charge in [0.2, 0.25) is 0 Å². The number of hydrogen-bond acceptors (Lipinski definition) is 1. The zero-order chi connectivity index (χ0) is 16.1. The van der Waals surface area contributed by atoms with E-state index < -0.39 is 17.7 Å². The van der Waals surface area contributed by atoms with Crippen molar-refractivity contribution in [3.05, 3.63) is 47.7 Å². The van der Waals surface area contributed by atoms with E-state index in [4.69, 9.17) is 5.11 Å². The molecule has 2 N–H and O–H groups in total.